The van der Waals surface area contributed by atoms with Gasteiger partial charge in [-0.1, -0.05) is 29.8 Å². The second kappa shape index (κ2) is 7.17. The standard InChI is InChI=1S/C19H18ClNO4/c1-19(23,17-10-13-4-2-3-5-16(13)25-17)12-21-18(22)11-24-15-8-6-14(20)7-9-15/h2-10,23H,11-12H2,1H3,(H,21,22)/t19-/m0/s1. The van der Waals surface area contributed by atoms with Crippen LogP contribution in [0, 0.1) is 0 Å². The van der Waals surface area contributed by atoms with Gasteiger partial charge in [0.05, 0.1) is 6.54 Å². The van der Waals surface area contributed by atoms with Crippen LogP contribution in [-0.2, 0) is 10.4 Å². The van der Waals surface area contributed by atoms with Gasteiger partial charge in [-0.05, 0) is 43.3 Å². The number of carbonyl (C=O) groups excluding carboxylic acids is 1. The minimum absolute atomic E-state index is 0.00956. The number of rotatable bonds is 6. The van der Waals surface area contributed by atoms with Gasteiger partial charge in [-0.2, -0.15) is 0 Å². The molecule has 0 saturated carbocycles. The lowest BCUT2D eigenvalue weighted by Crippen LogP contribution is -2.40. The van der Waals surface area contributed by atoms with Crippen molar-refractivity contribution in [2.24, 2.45) is 0 Å². The average molecular weight is 360 g/mol. The number of hydrogen-bond donors (Lipinski definition) is 2. The van der Waals surface area contributed by atoms with Crippen LogP contribution in [0.5, 0.6) is 5.75 Å². The van der Waals surface area contributed by atoms with Crippen LogP contribution in [0.1, 0.15) is 12.7 Å². The largest absolute Gasteiger partial charge is 0.484 e. The van der Waals surface area contributed by atoms with E-state index in [0.717, 1.165) is 5.39 Å². The Bertz CT molecular complexity index is 838. The van der Waals surface area contributed by atoms with Gasteiger partial charge < -0.3 is 19.6 Å². The first kappa shape index (κ1) is 17.3. The third-order valence-electron chi connectivity index (χ3n) is 3.77. The summed E-state index contributed by atoms with van der Waals surface area (Å²) in [4.78, 5) is 11.9. The quantitative estimate of drug-likeness (QED) is 0.706. The minimum Gasteiger partial charge on any atom is -0.484 e. The monoisotopic (exact) mass is 359 g/mol. The van der Waals surface area contributed by atoms with Gasteiger partial charge in [0.2, 0.25) is 0 Å². The van der Waals surface area contributed by atoms with E-state index in [4.69, 9.17) is 20.8 Å². The molecule has 0 radical (unpaired) electrons. The maximum atomic E-state index is 11.9. The SMILES string of the molecule is C[C@](O)(CNC(=O)COc1ccc(Cl)cc1)c1cc2ccccc2o1. The molecule has 1 amide bonds. The van der Waals surface area contributed by atoms with E-state index in [1.165, 1.54) is 0 Å². The molecule has 0 aliphatic heterocycles. The van der Waals surface area contributed by atoms with Crippen molar-refractivity contribution in [2.45, 2.75) is 12.5 Å². The van der Waals surface area contributed by atoms with E-state index >= 15 is 0 Å². The van der Waals surface area contributed by atoms with Gasteiger partial charge in [-0.15, -0.1) is 0 Å². The molecule has 2 aromatic carbocycles. The molecule has 2 N–H and O–H groups in total. The van der Waals surface area contributed by atoms with E-state index in [9.17, 15) is 9.90 Å². The molecule has 0 bridgehead atoms. The molecule has 0 aliphatic carbocycles. The van der Waals surface area contributed by atoms with Crippen LogP contribution in [0.3, 0.4) is 0 Å². The fraction of sp³-hybridized carbons (Fsp3) is 0.211. The maximum absolute atomic E-state index is 11.9. The first-order valence-electron chi connectivity index (χ1n) is 7.80. The van der Waals surface area contributed by atoms with Gasteiger partial charge in [0, 0.05) is 10.4 Å². The van der Waals surface area contributed by atoms with Crippen molar-refractivity contribution in [1.29, 1.82) is 0 Å². The van der Waals surface area contributed by atoms with Crippen LogP contribution < -0.4 is 10.1 Å². The zero-order valence-electron chi connectivity index (χ0n) is 13.7. The zero-order valence-corrected chi connectivity index (χ0v) is 14.4. The summed E-state index contributed by atoms with van der Waals surface area (Å²) in [5.41, 5.74) is -0.634. The summed E-state index contributed by atoms with van der Waals surface area (Å²) < 4.78 is 11.0. The van der Waals surface area contributed by atoms with E-state index in [1.807, 2.05) is 24.3 Å². The Morgan fingerprint density at radius 3 is 2.68 bits per heavy atom. The van der Waals surface area contributed by atoms with E-state index in [2.05, 4.69) is 5.32 Å². The first-order valence-corrected chi connectivity index (χ1v) is 8.18. The molecule has 0 aliphatic rings. The number of halogens is 1. The Labute approximate surface area is 150 Å². The predicted octanol–water partition coefficient (Wildman–Crippen LogP) is 3.49. The molecule has 3 rings (SSSR count). The van der Waals surface area contributed by atoms with E-state index < -0.39 is 5.60 Å². The van der Waals surface area contributed by atoms with Gasteiger partial charge in [-0.25, -0.2) is 0 Å². The van der Waals surface area contributed by atoms with Crippen molar-refractivity contribution in [3.05, 3.63) is 65.4 Å². The smallest absolute Gasteiger partial charge is 0.258 e. The Kier molecular flexibility index (Phi) is 4.97. The van der Waals surface area contributed by atoms with Gasteiger partial charge in [0.15, 0.2) is 6.61 Å². The topological polar surface area (TPSA) is 71.7 Å². The lowest BCUT2D eigenvalue weighted by molar-refractivity contribution is -0.124. The number of para-hydroxylation sites is 1. The summed E-state index contributed by atoms with van der Waals surface area (Å²) in [5.74, 6) is 0.600. The van der Waals surface area contributed by atoms with Crippen LogP contribution in [0.25, 0.3) is 11.0 Å². The van der Waals surface area contributed by atoms with Gasteiger partial charge in [0.25, 0.3) is 5.91 Å². The molecule has 0 spiro atoms. The number of benzene rings is 2. The number of nitrogens with one attached hydrogen (secondary N) is 1. The normalized spacial score (nSPS) is 13.4. The lowest BCUT2D eigenvalue weighted by Gasteiger charge is -2.21. The molecule has 6 heteroatoms. The number of aliphatic hydroxyl groups is 1. The fourth-order valence-electron chi connectivity index (χ4n) is 2.34. The van der Waals surface area contributed by atoms with Crippen LogP contribution in [0.2, 0.25) is 5.02 Å². The van der Waals surface area contributed by atoms with E-state index in [-0.39, 0.29) is 19.1 Å². The fourth-order valence-corrected chi connectivity index (χ4v) is 2.46. The summed E-state index contributed by atoms with van der Waals surface area (Å²) in [7, 11) is 0. The third-order valence-corrected chi connectivity index (χ3v) is 4.02. The number of ether oxygens (including phenoxy) is 1. The summed E-state index contributed by atoms with van der Waals surface area (Å²) >= 11 is 5.79. The molecule has 0 saturated heterocycles. The molecule has 0 fully saturated rings. The molecule has 1 heterocycles. The first-order chi connectivity index (χ1) is 11.9. The highest BCUT2D eigenvalue weighted by Gasteiger charge is 2.28. The zero-order chi connectivity index (χ0) is 17.9. The number of fused-ring (bicyclic) bond motifs is 1. The van der Waals surface area contributed by atoms with Crippen LogP contribution in [-0.4, -0.2) is 24.2 Å². The molecule has 1 aromatic heterocycles. The highest BCUT2D eigenvalue weighted by atomic mass is 35.5. The van der Waals surface area contributed by atoms with Crippen molar-refractivity contribution in [3.8, 4) is 5.75 Å². The van der Waals surface area contributed by atoms with E-state index in [1.54, 1.807) is 37.3 Å². The van der Waals surface area contributed by atoms with Crippen molar-refractivity contribution < 1.29 is 19.1 Å². The minimum atomic E-state index is -1.32. The molecule has 3 aromatic rings. The summed E-state index contributed by atoms with van der Waals surface area (Å²) in [6, 6.07) is 16.0. The van der Waals surface area contributed by atoms with Crippen LogP contribution in [0.4, 0.5) is 0 Å². The maximum Gasteiger partial charge on any atom is 0.258 e. The third kappa shape index (κ3) is 4.32. The van der Waals surface area contributed by atoms with E-state index in [0.29, 0.717) is 22.1 Å². The number of hydrogen-bond acceptors (Lipinski definition) is 4. The number of carbonyl (C=O) groups is 1. The molecular weight excluding hydrogens is 342 g/mol. The molecule has 5 nitrogen and oxygen atoms in total. The predicted molar refractivity (Wildman–Crippen MR) is 95.7 cm³/mol. The average Bonchev–Trinajstić information content (AvgIpc) is 3.05. The van der Waals surface area contributed by atoms with Crippen molar-refractivity contribution in [1.82, 2.24) is 5.32 Å². The highest BCUT2D eigenvalue weighted by Crippen LogP contribution is 2.27. The van der Waals surface area contributed by atoms with Crippen molar-refractivity contribution >= 4 is 28.5 Å². The summed E-state index contributed by atoms with van der Waals surface area (Å²) in [6.07, 6.45) is 0. The van der Waals surface area contributed by atoms with Crippen LogP contribution >= 0.6 is 11.6 Å². The molecular formula is C19H18ClNO4. The second-order valence-electron chi connectivity index (χ2n) is 5.94. The van der Waals surface area contributed by atoms with Crippen molar-refractivity contribution in [3.63, 3.8) is 0 Å². The molecule has 0 unspecified atom stereocenters. The van der Waals surface area contributed by atoms with Crippen LogP contribution in [0.15, 0.2) is 59.0 Å². The summed E-state index contributed by atoms with van der Waals surface area (Å²) in [6.45, 7) is 1.44. The number of furan rings is 1. The lowest BCUT2D eigenvalue weighted by atomic mass is 10.0. The molecule has 25 heavy (non-hydrogen) atoms. The summed E-state index contributed by atoms with van der Waals surface area (Å²) in [5, 5.41) is 14.7. The van der Waals surface area contributed by atoms with Gasteiger partial charge >= 0.3 is 0 Å². The Morgan fingerprint density at radius 2 is 1.96 bits per heavy atom. The van der Waals surface area contributed by atoms with Crippen molar-refractivity contribution in [2.75, 3.05) is 13.2 Å². The Hall–Kier alpha value is -2.50. The van der Waals surface area contributed by atoms with Gasteiger partial charge in [0.1, 0.15) is 22.7 Å². The Morgan fingerprint density at radius 1 is 1.24 bits per heavy atom. The highest BCUT2D eigenvalue weighted by molar-refractivity contribution is 6.30. The molecule has 130 valence electrons. The van der Waals surface area contributed by atoms with Gasteiger partial charge in [-0.3, -0.25) is 4.79 Å². The second-order valence-corrected chi connectivity index (χ2v) is 6.38. The number of amides is 1. The molecule has 1 atom stereocenters. The Balaban J connectivity index is 1.55.